The Kier molecular flexibility index (Phi) is 7.84. The molecule has 244 valence electrons. The number of nitrogen functional groups attached to an aromatic ring is 1. The van der Waals surface area contributed by atoms with Crippen molar-refractivity contribution in [2.45, 2.75) is 76.9 Å². The Bertz CT molecular complexity index is 1650. The first kappa shape index (κ1) is 30.7. The number of nitrogens with two attached hydrogens (primary N) is 1. The minimum Gasteiger partial charge on any atom is -0.444 e. The van der Waals surface area contributed by atoms with Gasteiger partial charge in [0, 0.05) is 80.6 Å². The van der Waals surface area contributed by atoms with Gasteiger partial charge in [-0.3, -0.25) is 4.90 Å². The summed E-state index contributed by atoms with van der Waals surface area (Å²) in [4.78, 5) is 32.9. The van der Waals surface area contributed by atoms with Gasteiger partial charge in [-0.2, -0.15) is 10.2 Å². The highest BCUT2D eigenvalue weighted by atomic mass is 32.1. The second kappa shape index (κ2) is 11.7. The van der Waals surface area contributed by atoms with Crippen LogP contribution in [0.5, 0.6) is 0 Å². The molecule has 2 saturated heterocycles. The van der Waals surface area contributed by atoms with E-state index in [1.165, 1.54) is 24.2 Å². The van der Waals surface area contributed by atoms with E-state index in [2.05, 4.69) is 38.9 Å². The van der Waals surface area contributed by atoms with Crippen LogP contribution >= 0.6 is 11.3 Å². The number of carbonyl (C=O) groups is 1. The number of carbonyl (C=O) groups excluding carboxylic acids is 1. The predicted octanol–water partition coefficient (Wildman–Crippen LogP) is 4.63. The summed E-state index contributed by atoms with van der Waals surface area (Å²) in [6.45, 7) is 14.1. The molecular weight excluding hydrogens is 602 g/mol. The molecule has 4 aliphatic rings. The molecule has 1 amide bonds. The summed E-state index contributed by atoms with van der Waals surface area (Å²) in [6.07, 6.45) is 4.97. The Morgan fingerprint density at radius 2 is 1.80 bits per heavy atom. The summed E-state index contributed by atoms with van der Waals surface area (Å²) in [6, 6.07) is 7.26. The molecule has 1 saturated carbocycles. The molecule has 5 heterocycles. The first-order chi connectivity index (χ1) is 22.0. The van der Waals surface area contributed by atoms with Gasteiger partial charge in [-0.1, -0.05) is 5.16 Å². The van der Waals surface area contributed by atoms with Crippen LogP contribution < -0.4 is 15.5 Å². The molecule has 2 N–H and O–H groups in total. The van der Waals surface area contributed by atoms with Gasteiger partial charge < -0.3 is 29.7 Å². The van der Waals surface area contributed by atoms with Crippen LogP contribution in [0.4, 0.5) is 21.3 Å². The number of nitrogens with zero attached hydrogens (tertiary/aromatic N) is 8. The van der Waals surface area contributed by atoms with Crippen LogP contribution in [0.3, 0.4) is 0 Å². The molecule has 13 heteroatoms. The van der Waals surface area contributed by atoms with Gasteiger partial charge in [0.15, 0.2) is 0 Å². The van der Waals surface area contributed by atoms with Gasteiger partial charge in [0.2, 0.25) is 11.7 Å². The molecule has 1 unspecified atom stereocenters. The van der Waals surface area contributed by atoms with Crippen LogP contribution in [-0.4, -0.2) is 95.0 Å². The molecule has 12 nitrogen and oxygen atoms in total. The third kappa shape index (κ3) is 5.88. The highest BCUT2D eigenvalue weighted by Crippen LogP contribution is 2.48. The molecule has 2 aliphatic carbocycles. The molecule has 3 aromatic rings. The summed E-state index contributed by atoms with van der Waals surface area (Å²) in [7, 11) is 0. The largest absolute Gasteiger partial charge is 0.444 e. The molecule has 0 radical (unpaired) electrons. The van der Waals surface area contributed by atoms with Gasteiger partial charge in [0.25, 0.3) is 0 Å². The lowest BCUT2D eigenvalue weighted by molar-refractivity contribution is 0.0240. The van der Waals surface area contributed by atoms with Gasteiger partial charge in [0.05, 0.1) is 11.0 Å². The van der Waals surface area contributed by atoms with Gasteiger partial charge >= 0.3 is 6.09 Å². The van der Waals surface area contributed by atoms with Crippen molar-refractivity contribution in [3.8, 4) is 17.6 Å². The van der Waals surface area contributed by atoms with Crippen LogP contribution in [-0.2, 0) is 16.6 Å². The average molecular weight is 646 g/mol. The molecule has 7 rings (SSSR count). The predicted molar refractivity (Wildman–Crippen MR) is 177 cm³/mol. The van der Waals surface area contributed by atoms with Crippen molar-refractivity contribution in [1.29, 1.82) is 5.26 Å². The smallest absolute Gasteiger partial charge is 0.410 e. The Balaban J connectivity index is 1.18. The second-order valence-electron chi connectivity index (χ2n) is 14.1. The monoisotopic (exact) mass is 645 g/mol. The molecule has 1 atom stereocenters. The van der Waals surface area contributed by atoms with Crippen LogP contribution in [0.15, 0.2) is 16.7 Å². The molecule has 0 spiro atoms. The Morgan fingerprint density at radius 3 is 2.48 bits per heavy atom. The maximum atomic E-state index is 12.7. The third-order valence-electron chi connectivity index (χ3n) is 9.67. The molecule has 3 fully saturated rings. The standard InChI is InChI=1S/C33H43N9O3S/c1-32(2,3)44-31(43)42-16-12-40(13-17-42)22-18-24(36-26(19-22)41-14-10-39(11-15-41)21-7-8-21)29-37-30(45-38-29)33(4)9-5-6-25-27(33)23(20-34)28(35)46-25/h18-19,21H,5-17,35H2,1-4H3. The Morgan fingerprint density at radius 1 is 1.09 bits per heavy atom. The fourth-order valence-electron chi connectivity index (χ4n) is 7.05. The van der Waals surface area contributed by atoms with Crippen LogP contribution in [0.2, 0.25) is 0 Å². The number of thiophene rings is 1. The lowest BCUT2D eigenvalue weighted by Gasteiger charge is -2.38. The summed E-state index contributed by atoms with van der Waals surface area (Å²) >= 11 is 1.49. The topological polar surface area (TPSA) is 141 Å². The number of nitriles is 1. The van der Waals surface area contributed by atoms with E-state index in [1.54, 1.807) is 4.90 Å². The summed E-state index contributed by atoms with van der Waals surface area (Å²) < 4.78 is 11.6. The fraction of sp³-hybridized carbons (Fsp3) is 0.606. The molecule has 0 bridgehead atoms. The number of aromatic nitrogens is 3. The van der Waals surface area contributed by atoms with Crippen molar-refractivity contribution in [3.63, 3.8) is 0 Å². The van der Waals surface area contributed by atoms with E-state index in [0.717, 1.165) is 73.4 Å². The zero-order valence-corrected chi connectivity index (χ0v) is 28.0. The number of ether oxygens (including phenoxy) is 1. The zero-order valence-electron chi connectivity index (χ0n) is 27.2. The lowest BCUT2D eigenvalue weighted by Crippen LogP contribution is -2.50. The van der Waals surface area contributed by atoms with Gasteiger partial charge in [-0.25, -0.2) is 9.78 Å². The van der Waals surface area contributed by atoms with E-state index in [0.29, 0.717) is 54.2 Å². The zero-order chi connectivity index (χ0) is 32.2. The van der Waals surface area contributed by atoms with Gasteiger partial charge in [0.1, 0.15) is 28.2 Å². The third-order valence-corrected chi connectivity index (χ3v) is 10.8. The number of pyridine rings is 1. The number of amides is 1. The number of hydrogen-bond acceptors (Lipinski definition) is 12. The summed E-state index contributed by atoms with van der Waals surface area (Å²) in [5.41, 5.74) is 8.25. The number of rotatable bonds is 5. The van der Waals surface area contributed by atoms with Crippen LogP contribution in [0.25, 0.3) is 11.5 Å². The van der Waals surface area contributed by atoms with E-state index >= 15 is 0 Å². The first-order valence-corrected chi connectivity index (χ1v) is 17.2. The van der Waals surface area contributed by atoms with E-state index in [1.807, 2.05) is 26.8 Å². The first-order valence-electron chi connectivity index (χ1n) is 16.4. The van der Waals surface area contributed by atoms with Gasteiger partial charge in [-0.05, 0) is 65.9 Å². The Hall–Kier alpha value is -3.89. The maximum Gasteiger partial charge on any atom is 0.410 e. The number of piperazine rings is 2. The minimum absolute atomic E-state index is 0.276. The highest BCUT2D eigenvalue weighted by Gasteiger charge is 2.43. The Labute approximate surface area is 274 Å². The SMILES string of the molecule is CC(C)(C)OC(=O)N1CCN(c2cc(-c3noc(C4(C)CCCc5sc(N)c(C#N)c54)n3)nc(N3CCN(C4CC4)CC3)c2)CC1. The van der Waals surface area contributed by atoms with Crippen molar-refractivity contribution < 1.29 is 14.1 Å². The molecule has 0 aromatic carbocycles. The number of fused-ring (bicyclic) bond motifs is 1. The summed E-state index contributed by atoms with van der Waals surface area (Å²) in [5, 5.41) is 14.9. The van der Waals surface area contributed by atoms with Crippen molar-refractivity contribution in [1.82, 2.24) is 24.9 Å². The maximum absolute atomic E-state index is 12.7. The average Bonchev–Trinajstić information content (AvgIpc) is 3.66. The van der Waals surface area contributed by atoms with Crippen molar-refractivity contribution in [3.05, 3.63) is 34.0 Å². The van der Waals surface area contributed by atoms with Crippen molar-refractivity contribution >= 4 is 33.9 Å². The fourth-order valence-corrected chi connectivity index (χ4v) is 8.24. The molecule has 46 heavy (non-hydrogen) atoms. The number of aryl methyl sites for hydroxylation is 1. The second-order valence-corrected chi connectivity index (χ2v) is 15.3. The lowest BCUT2D eigenvalue weighted by atomic mass is 9.72. The van der Waals surface area contributed by atoms with Gasteiger partial charge in [-0.15, -0.1) is 11.3 Å². The number of hydrogen-bond donors (Lipinski definition) is 1. The van der Waals surface area contributed by atoms with E-state index in [4.69, 9.17) is 25.0 Å². The molecule has 2 aliphatic heterocycles. The van der Waals surface area contributed by atoms with Crippen molar-refractivity contribution in [2.75, 3.05) is 67.9 Å². The van der Waals surface area contributed by atoms with Crippen molar-refractivity contribution in [2.24, 2.45) is 0 Å². The van der Waals surface area contributed by atoms with E-state index in [-0.39, 0.29) is 6.09 Å². The van der Waals surface area contributed by atoms with Crippen LogP contribution in [0, 0.1) is 11.3 Å². The number of anilines is 3. The quantitative estimate of drug-likeness (QED) is 0.415. The molecule has 3 aromatic heterocycles. The molecular formula is C33H43N9O3S. The van der Waals surface area contributed by atoms with E-state index in [9.17, 15) is 10.1 Å². The van der Waals surface area contributed by atoms with Crippen LogP contribution in [0.1, 0.15) is 75.3 Å². The normalized spacial score (nSPS) is 22.5. The highest BCUT2D eigenvalue weighted by molar-refractivity contribution is 7.16. The summed E-state index contributed by atoms with van der Waals surface area (Å²) in [5.74, 6) is 1.81. The van der Waals surface area contributed by atoms with E-state index < -0.39 is 11.0 Å². The minimum atomic E-state index is -0.602.